The molecule has 18 heavy (non-hydrogen) atoms. The van der Waals surface area contributed by atoms with Gasteiger partial charge in [-0.3, -0.25) is 0 Å². The van der Waals surface area contributed by atoms with Crippen molar-refractivity contribution >= 4 is 0 Å². The van der Waals surface area contributed by atoms with Gasteiger partial charge >= 0.3 is 0 Å². The van der Waals surface area contributed by atoms with E-state index < -0.39 is 11.0 Å². The summed E-state index contributed by atoms with van der Waals surface area (Å²) in [5.74, 6) is 5.79. The van der Waals surface area contributed by atoms with E-state index >= 15 is 0 Å². The van der Waals surface area contributed by atoms with E-state index in [0.29, 0.717) is 12.8 Å². The summed E-state index contributed by atoms with van der Waals surface area (Å²) in [4.78, 5) is 0. The van der Waals surface area contributed by atoms with Crippen molar-refractivity contribution in [2.24, 2.45) is 11.3 Å². The van der Waals surface area contributed by atoms with Crippen LogP contribution in [0.5, 0.6) is 0 Å². The number of hydrogen-bond donors (Lipinski definition) is 3. The Kier molecular flexibility index (Phi) is 4.61. The van der Waals surface area contributed by atoms with Crippen LogP contribution in [0.25, 0.3) is 0 Å². The first-order valence-electron chi connectivity index (χ1n) is 6.44. The number of aliphatic hydroxyl groups is 3. The lowest BCUT2D eigenvalue weighted by Crippen LogP contribution is -2.54. The molecule has 3 N–H and O–H groups in total. The molecule has 3 atom stereocenters. The largest absolute Gasteiger partial charge is 0.393 e. The van der Waals surface area contributed by atoms with Crippen molar-refractivity contribution in [3.05, 3.63) is 11.6 Å². The van der Waals surface area contributed by atoms with Crippen LogP contribution < -0.4 is 0 Å². The molecule has 0 saturated heterocycles. The number of rotatable bonds is 1. The Morgan fingerprint density at radius 1 is 1.44 bits per heavy atom. The van der Waals surface area contributed by atoms with Crippen molar-refractivity contribution in [1.82, 2.24) is 0 Å². The van der Waals surface area contributed by atoms with Crippen molar-refractivity contribution in [2.75, 3.05) is 6.61 Å². The maximum absolute atomic E-state index is 10.8. The van der Waals surface area contributed by atoms with Crippen LogP contribution in [-0.4, -0.2) is 33.6 Å². The summed E-state index contributed by atoms with van der Waals surface area (Å²) >= 11 is 0. The molecule has 1 aliphatic carbocycles. The van der Waals surface area contributed by atoms with E-state index in [-0.39, 0.29) is 18.6 Å². The highest BCUT2D eigenvalue weighted by Gasteiger charge is 2.51. The molecule has 0 aromatic carbocycles. The van der Waals surface area contributed by atoms with Gasteiger partial charge in [0.2, 0.25) is 0 Å². The Balaban J connectivity index is 3.05. The molecule has 1 fully saturated rings. The highest BCUT2D eigenvalue weighted by Crippen LogP contribution is 2.46. The van der Waals surface area contributed by atoms with Gasteiger partial charge < -0.3 is 15.3 Å². The standard InChI is InChI=1S/C15H24O3/c1-11(6-8-16)5-7-15(18)12(2)9-13(17)10-14(15,3)4/h6,12-13,16-18H,8-10H2,1-4H3/t12-,13-,15?/m1/s1. The highest BCUT2D eigenvalue weighted by molar-refractivity contribution is 5.33. The maximum Gasteiger partial charge on any atom is 0.133 e. The van der Waals surface area contributed by atoms with Crippen LogP contribution in [0.4, 0.5) is 0 Å². The highest BCUT2D eigenvalue weighted by atomic mass is 16.3. The quantitative estimate of drug-likeness (QED) is 0.619. The minimum absolute atomic E-state index is 0.0450. The predicted molar refractivity (Wildman–Crippen MR) is 71.8 cm³/mol. The first kappa shape index (κ1) is 15.2. The van der Waals surface area contributed by atoms with Crippen LogP contribution in [-0.2, 0) is 0 Å². The van der Waals surface area contributed by atoms with E-state index in [9.17, 15) is 10.2 Å². The lowest BCUT2D eigenvalue weighted by Gasteiger charge is -2.48. The van der Waals surface area contributed by atoms with E-state index in [0.717, 1.165) is 5.57 Å². The fourth-order valence-electron chi connectivity index (χ4n) is 2.75. The molecule has 0 amide bonds. The summed E-state index contributed by atoms with van der Waals surface area (Å²) in [7, 11) is 0. The molecule has 3 nitrogen and oxygen atoms in total. The van der Waals surface area contributed by atoms with Gasteiger partial charge in [-0.2, -0.15) is 0 Å². The van der Waals surface area contributed by atoms with E-state index in [2.05, 4.69) is 11.8 Å². The molecule has 1 aliphatic rings. The summed E-state index contributed by atoms with van der Waals surface area (Å²) < 4.78 is 0. The molecule has 0 aliphatic heterocycles. The maximum atomic E-state index is 10.8. The van der Waals surface area contributed by atoms with Gasteiger partial charge in [-0.05, 0) is 37.3 Å². The molecule has 0 bridgehead atoms. The Morgan fingerprint density at radius 2 is 2.06 bits per heavy atom. The van der Waals surface area contributed by atoms with E-state index in [1.807, 2.05) is 27.7 Å². The molecular formula is C15H24O3. The van der Waals surface area contributed by atoms with Gasteiger partial charge in [-0.1, -0.05) is 32.6 Å². The first-order valence-corrected chi connectivity index (χ1v) is 6.44. The van der Waals surface area contributed by atoms with Gasteiger partial charge in [0.25, 0.3) is 0 Å². The molecule has 0 radical (unpaired) electrons. The van der Waals surface area contributed by atoms with Crippen molar-refractivity contribution in [3.8, 4) is 11.8 Å². The molecule has 1 saturated carbocycles. The van der Waals surface area contributed by atoms with Crippen LogP contribution in [0, 0.1) is 23.2 Å². The third-order valence-electron chi connectivity index (χ3n) is 3.96. The minimum atomic E-state index is -1.10. The topological polar surface area (TPSA) is 60.7 Å². The average molecular weight is 252 g/mol. The third-order valence-corrected chi connectivity index (χ3v) is 3.96. The first-order chi connectivity index (χ1) is 8.23. The average Bonchev–Trinajstić information content (AvgIpc) is 2.23. The summed E-state index contributed by atoms with van der Waals surface area (Å²) in [6, 6.07) is 0. The molecule has 1 unspecified atom stereocenters. The fraction of sp³-hybridized carbons (Fsp3) is 0.733. The Labute approximate surface area is 110 Å². The monoisotopic (exact) mass is 252 g/mol. The van der Waals surface area contributed by atoms with E-state index in [1.54, 1.807) is 6.08 Å². The Hall–Kier alpha value is -0.820. The van der Waals surface area contributed by atoms with Crippen LogP contribution in [0.3, 0.4) is 0 Å². The normalized spacial score (nSPS) is 35.8. The minimum Gasteiger partial charge on any atom is -0.393 e. The van der Waals surface area contributed by atoms with Crippen molar-refractivity contribution in [3.63, 3.8) is 0 Å². The third kappa shape index (κ3) is 2.95. The molecule has 0 aromatic rings. The second-order valence-corrected chi connectivity index (χ2v) is 5.96. The summed E-state index contributed by atoms with van der Waals surface area (Å²) in [5, 5.41) is 29.4. The van der Waals surface area contributed by atoms with Gasteiger partial charge in [0.1, 0.15) is 5.60 Å². The van der Waals surface area contributed by atoms with E-state index in [4.69, 9.17) is 5.11 Å². The molecule has 0 aromatic heterocycles. The second kappa shape index (κ2) is 5.44. The number of hydrogen-bond acceptors (Lipinski definition) is 3. The SMILES string of the molecule is CC(C#CC1(O)[C@H](C)C[C@@H](O)CC1(C)C)=CCO. The molecule has 1 rings (SSSR count). The summed E-state index contributed by atoms with van der Waals surface area (Å²) in [6.07, 6.45) is 2.36. The zero-order valence-electron chi connectivity index (χ0n) is 11.7. The molecular weight excluding hydrogens is 228 g/mol. The molecule has 0 heterocycles. The molecule has 0 spiro atoms. The van der Waals surface area contributed by atoms with Gasteiger partial charge in [0.15, 0.2) is 0 Å². The lowest BCUT2D eigenvalue weighted by atomic mass is 9.60. The Bertz CT molecular complexity index is 386. The van der Waals surface area contributed by atoms with Gasteiger partial charge in [-0.15, -0.1) is 0 Å². The smallest absolute Gasteiger partial charge is 0.133 e. The number of allylic oxidation sites excluding steroid dienone is 1. The second-order valence-electron chi connectivity index (χ2n) is 5.96. The van der Waals surface area contributed by atoms with Crippen LogP contribution in [0.15, 0.2) is 11.6 Å². The molecule has 3 heteroatoms. The van der Waals surface area contributed by atoms with Crippen molar-refractivity contribution < 1.29 is 15.3 Å². The van der Waals surface area contributed by atoms with Gasteiger partial charge in [0, 0.05) is 5.41 Å². The lowest BCUT2D eigenvalue weighted by molar-refractivity contribution is -0.121. The Morgan fingerprint density at radius 3 is 2.56 bits per heavy atom. The zero-order valence-corrected chi connectivity index (χ0v) is 11.7. The van der Waals surface area contributed by atoms with Crippen LogP contribution >= 0.6 is 0 Å². The number of aliphatic hydroxyl groups excluding tert-OH is 2. The summed E-state index contributed by atoms with van der Waals surface area (Å²) in [5.41, 5.74) is -0.798. The zero-order chi connectivity index (χ0) is 14.0. The predicted octanol–water partition coefficient (Wildman–Crippen LogP) is 1.48. The van der Waals surface area contributed by atoms with Crippen molar-refractivity contribution in [2.45, 2.75) is 52.2 Å². The van der Waals surface area contributed by atoms with E-state index in [1.165, 1.54) is 0 Å². The van der Waals surface area contributed by atoms with Crippen LogP contribution in [0.1, 0.15) is 40.5 Å². The van der Waals surface area contributed by atoms with Gasteiger partial charge in [-0.25, -0.2) is 0 Å². The van der Waals surface area contributed by atoms with Crippen LogP contribution in [0.2, 0.25) is 0 Å². The van der Waals surface area contributed by atoms with Gasteiger partial charge in [0.05, 0.1) is 12.7 Å². The van der Waals surface area contributed by atoms with Crippen molar-refractivity contribution in [1.29, 1.82) is 0 Å². The fourth-order valence-corrected chi connectivity index (χ4v) is 2.75. The summed E-state index contributed by atoms with van der Waals surface area (Å²) in [6.45, 7) is 7.56. The molecule has 102 valence electrons.